The van der Waals surface area contributed by atoms with Crippen molar-refractivity contribution in [1.82, 2.24) is 4.90 Å². The van der Waals surface area contributed by atoms with E-state index in [0.29, 0.717) is 12.3 Å². The molecular formula is C12H19F2NO. The van der Waals surface area contributed by atoms with Crippen molar-refractivity contribution >= 4 is 5.91 Å². The van der Waals surface area contributed by atoms with Crippen molar-refractivity contribution in [3.8, 4) is 0 Å². The van der Waals surface area contributed by atoms with Crippen molar-refractivity contribution in [3.05, 3.63) is 0 Å². The van der Waals surface area contributed by atoms with Crippen LogP contribution in [0.25, 0.3) is 0 Å². The molecule has 4 heteroatoms. The summed E-state index contributed by atoms with van der Waals surface area (Å²) >= 11 is 0. The van der Waals surface area contributed by atoms with Gasteiger partial charge in [0.25, 0.3) is 5.92 Å². The molecule has 0 spiro atoms. The Morgan fingerprint density at radius 2 is 1.94 bits per heavy atom. The lowest BCUT2D eigenvalue weighted by atomic mass is 9.87. The molecule has 2 nitrogen and oxygen atoms in total. The van der Waals surface area contributed by atoms with Crippen LogP contribution in [0, 0.1) is 5.92 Å². The predicted octanol–water partition coefficient (Wildman–Crippen LogP) is 2.82. The molecule has 0 aromatic rings. The van der Waals surface area contributed by atoms with Crippen LogP contribution in [0.2, 0.25) is 0 Å². The van der Waals surface area contributed by atoms with E-state index in [2.05, 4.69) is 0 Å². The number of carbonyl (C=O) groups is 1. The Balaban J connectivity index is 1.79. The molecule has 1 heterocycles. The minimum Gasteiger partial charge on any atom is -0.336 e. The van der Waals surface area contributed by atoms with Crippen LogP contribution in [-0.4, -0.2) is 29.8 Å². The lowest BCUT2D eigenvalue weighted by molar-refractivity contribution is -0.132. The fourth-order valence-corrected chi connectivity index (χ4v) is 2.72. The molecule has 2 fully saturated rings. The first-order valence-corrected chi connectivity index (χ1v) is 6.22. The molecule has 16 heavy (non-hydrogen) atoms. The van der Waals surface area contributed by atoms with Gasteiger partial charge in [0.1, 0.15) is 0 Å². The second kappa shape index (κ2) is 4.68. The molecule has 0 aromatic carbocycles. The summed E-state index contributed by atoms with van der Waals surface area (Å²) in [6.07, 6.45) is 6.14. The Bertz CT molecular complexity index is 262. The van der Waals surface area contributed by atoms with Gasteiger partial charge in [0.15, 0.2) is 0 Å². The Labute approximate surface area is 95.0 Å². The molecule has 2 rings (SSSR count). The van der Waals surface area contributed by atoms with E-state index in [-0.39, 0.29) is 25.4 Å². The molecule has 1 aliphatic heterocycles. The summed E-state index contributed by atoms with van der Waals surface area (Å²) in [6.45, 7) is -0.128. The van der Waals surface area contributed by atoms with Crippen molar-refractivity contribution in [2.45, 2.75) is 50.9 Å². The summed E-state index contributed by atoms with van der Waals surface area (Å²) in [5, 5.41) is 0. The number of carbonyl (C=O) groups excluding carboxylic acids is 1. The second-order valence-electron chi connectivity index (χ2n) is 5.13. The predicted molar refractivity (Wildman–Crippen MR) is 57.3 cm³/mol. The van der Waals surface area contributed by atoms with Gasteiger partial charge in [0, 0.05) is 19.4 Å². The van der Waals surface area contributed by atoms with Gasteiger partial charge in [-0.2, -0.15) is 0 Å². The Hall–Kier alpha value is -0.670. The molecule has 0 N–H and O–H groups in total. The summed E-state index contributed by atoms with van der Waals surface area (Å²) in [7, 11) is 0. The molecule has 0 aromatic heterocycles. The molecule has 1 aliphatic carbocycles. The highest BCUT2D eigenvalue weighted by atomic mass is 19.3. The number of likely N-dealkylation sites (tertiary alicyclic amines) is 1. The molecule has 1 saturated carbocycles. The molecule has 0 atom stereocenters. The largest absolute Gasteiger partial charge is 0.336 e. The van der Waals surface area contributed by atoms with Crippen LogP contribution < -0.4 is 0 Å². The van der Waals surface area contributed by atoms with Crippen molar-refractivity contribution in [2.24, 2.45) is 5.92 Å². The number of halogens is 2. The Kier molecular flexibility index (Phi) is 3.45. The van der Waals surface area contributed by atoms with Gasteiger partial charge in [-0.1, -0.05) is 19.3 Å². The van der Waals surface area contributed by atoms with E-state index >= 15 is 0 Å². The highest BCUT2D eigenvalue weighted by molar-refractivity contribution is 5.76. The molecule has 0 radical (unpaired) electrons. The maximum atomic E-state index is 12.9. The lowest BCUT2D eigenvalue weighted by Crippen LogP contribution is -2.32. The van der Waals surface area contributed by atoms with E-state index in [1.807, 2.05) is 0 Å². The fourth-order valence-electron chi connectivity index (χ4n) is 2.72. The minimum atomic E-state index is -2.65. The number of alkyl halides is 2. The zero-order valence-corrected chi connectivity index (χ0v) is 9.55. The van der Waals surface area contributed by atoms with Gasteiger partial charge < -0.3 is 4.90 Å². The molecule has 92 valence electrons. The van der Waals surface area contributed by atoms with E-state index in [1.165, 1.54) is 24.2 Å². The van der Waals surface area contributed by atoms with Crippen LogP contribution in [0.1, 0.15) is 44.9 Å². The lowest BCUT2D eigenvalue weighted by Gasteiger charge is -2.23. The van der Waals surface area contributed by atoms with Crippen LogP contribution in [-0.2, 0) is 4.79 Å². The van der Waals surface area contributed by atoms with Gasteiger partial charge in [-0.25, -0.2) is 8.78 Å². The van der Waals surface area contributed by atoms with Crippen LogP contribution in [0.15, 0.2) is 0 Å². The normalized spacial score (nSPS) is 26.0. The van der Waals surface area contributed by atoms with Crippen molar-refractivity contribution in [1.29, 1.82) is 0 Å². The summed E-state index contributed by atoms with van der Waals surface area (Å²) in [5.74, 6) is -2.28. The third kappa shape index (κ3) is 2.92. The first-order valence-electron chi connectivity index (χ1n) is 6.22. The van der Waals surface area contributed by atoms with E-state index in [9.17, 15) is 13.6 Å². The molecular weight excluding hydrogens is 212 g/mol. The summed E-state index contributed by atoms with van der Waals surface area (Å²) in [5.41, 5.74) is 0. The van der Waals surface area contributed by atoms with Gasteiger partial charge in [-0.05, 0) is 18.8 Å². The maximum Gasteiger partial charge on any atom is 0.267 e. The van der Waals surface area contributed by atoms with Crippen LogP contribution in [0.4, 0.5) is 8.78 Å². The van der Waals surface area contributed by atoms with E-state index < -0.39 is 5.92 Å². The number of amides is 1. The van der Waals surface area contributed by atoms with Gasteiger partial charge in [-0.15, -0.1) is 0 Å². The van der Waals surface area contributed by atoms with E-state index in [0.717, 1.165) is 12.8 Å². The van der Waals surface area contributed by atoms with Gasteiger partial charge >= 0.3 is 0 Å². The third-order valence-electron chi connectivity index (χ3n) is 3.71. The SMILES string of the molecule is O=C(CC1CCCCC1)N1CCC(F)(F)C1. The number of hydrogen-bond donors (Lipinski definition) is 0. The third-order valence-corrected chi connectivity index (χ3v) is 3.71. The smallest absolute Gasteiger partial charge is 0.267 e. The average Bonchev–Trinajstić information content (AvgIpc) is 2.60. The molecule has 1 saturated heterocycles. The number of rotatable bonds is 2. The quantitative estimate of drug-likeness (QED) is 0.715. The van der Waals surface area contributed by atoms with Crippen molar-refractivity contribution in [2.75, 3.05) is 13.1 Å². The van der Waals surface area contributed by atoms with Crippen molar-refractivity contribution < 1.29 is 13.6 Å². The van der Waals surface area contributed by atoms with Gasteiger partial charge in [0.05, 0.1) is 6.54 Å². The Morgan fingerprint density at radius 3 is 2.50 bits per heavy atom. The average molecular weight is 231 g/mol. The first-order chi connectivity index (χ1) is 7.57. The topological polar surface area (TPSA) is 20.3 Å². The number of nitrogens with zero attached hydrogens (tertiary/aromatic N) is 1. The Morgan fingerprint density at radius 1 is 1.25 bits per heavy atom. The highest BCUT2D eigenvalue weighted by Crippen LogP contribution is 2.30. The summed E-state index contributed by atoms with van der Waals surface area (Å²) in [4.78, 5) is 13.1. The monoisotopic (exact) mass is 231 g/mol. The second-order valence-corrected chi connectivity index (χ2v) is 5.13. The zero-order valence-electron chi connectivity index (χ0n) is 9.55. The molecule has 0 unspecified atom stereocenters. The molecule has 2 aliphatic rings. The minimum absolute atomic E-state index is 0.0657. The molecule has 0 bridgehead atoms. The van der Waals surface area contributed by atoms with Crippen LogP contribution in [0.5, 0.6) is 0 Å². The number of hydrogen-bond acceptors (Lipinski definition) is 1. The highest BCUT2D eigenvalue weighted by Gasteiger charge is 2.40. The van der Waals surface area contributed by atoms with Gasteiger partial charge in [-0.3, -0.25) is 4.79 Å². The first kappa shape index (κ1) is 11.8. The van der Waals surface area contributed by atoms with Crippen molar-refractivity contribution in [3.63, 3.8) is 0 Å². The molecule has 1 amide bonds. The van der Waals surface area contributed by atoms with E-state index in [4.69, 9.17) is 0 Å². The van der Waals surface area contributed by atoms with Gasteiger partial charge in [0.2, 0.25) is 5.91 Å². The summed E-state index contributed by atoms with van der Waals surface area (Å²) in [6, 6.07) is 0. The standard InChI is InChI=1S/C12H19F2NO/c13-12(14)6-7-15(9-12)11(16)8-10-4-2-1-3-5-10/h10H,1-9H2. The fraction of sp³-hybridized carbons (Fsp3) is 0.917. The van der Waals surface area contributed by atoms with Crippen LogP contribution >= 0.6 is 0 Å². The van der Waals surface area contributed by atoms with E-state index in [1.54, 1.807) is 0 Å². The maximum absolute atomic E-state index is 12.9. The zero-order chi connectivity index (χ0) is 11.6. The summed E-state index contributed by atoms with van der Waals surface area (Å²) < 4.78 is 25.9. The van der Waals surface area contributed by atoms with Crippen LogP contribution in [0.3, 0.4) is 0 Å².